The summed E-state index contributed by atoms with van der Waals surface area (Å²) in [5, 5.41) is 22.6. The quantitative estimate of drug-likeness (QED) is 0.223. The second kappa shape index (κ2) is 12.8. The molecule has 0 saturated heterocycles. The highest BCUT2D eigenvalue weighted by Crippen LogP contribution is 2.03. The van der Waals surface area contributed by atoms with Crippen LogP contribution in [0.1, 0.15) is 25.7 Å². The molecular weight excluding hydrogens is 370 g/mol. The zero-order valence-electron chi connectivity index (χ0n) is 13.9. The monoisotopic (exact) mass is 395 g/mol. The predicted octanol–water partition coefficient (Wildman–Crippen LogP) is -0.694. The summed E-state index contributed by atoms with van der Waals surface area (Å²) in [5.74, 6) is -2.80. The van der Waals surface area contributed by atoms with Crippen molar-refractivity contribution in [3.63, 3.8) is 0 Å². The number of hydrogen-bond acceptors (Lipinski definition) is 7. The highest BCUT2D eigenvalue weighted by molar-refractivity contribution is 7.98. The topological polar surface area (TPSA) is 159 Å². The van der Waals surface area contributed by atoms with Gasteiger partial charge < -0.3 is 26.6 Å². The van der Waals surface area contributed by atoms with E-state index in [0.29, 0.717) is 5.75 Å². The van der Waals surface area contributed by atoms with E-state index < -0.39 is 41.9 Å². The van der Waals surface area contributed by atoms with Crippen molar-refractivity contribution >= 4 is 48.1 Å². The number of hydrogen-bond donors (Lipinski definition) is 6. The van der Waals surface area contributed by atoms with Crippen LogP contribution in [0.3, 0.4) is 0 Å². The molecule has 0 aliphatic carbocycles. The second-order valence-electron chi connectivity index (χ2n) is 5.32. The summed E-state index contributed by atoms with van der Waals surface area (Å²) >= 11 is 5.46. The Balaban J connectivity index is 4.45. The van der Waals surface area contributed by atoms with E-state index in [9.17, 15) is 19.2 Å². The Kier molecular flexibility index (Phi) is 12.1. The number of carboxylic acid groups (broad SMARTS) is 2. The summed E-state index contributed by atoms with van der Waals surface area (Å²) in [6, 6.07) is -3.04. The maximum atomic E-state index is 12.1. The molecule has 0 aliphatic rings. The van der Waals surface area contributed by atoms with Gasteiger partial charge in [-0.1, -0.05) is 0 Å². The minimum absolute atomic E-state index is 0.00107. The molecule has 11 heteroatoms. The summed E-state index contributed by atoms with van der Waals surface area (Å²) in [6.45, 7) is 0. The lowest BCUT2D eigenvalue weighted by atomic mass is 10.1. The normalized spacial score (nSPS) is 14.2. The summed E-state index contributed by atoms with van der Waals surface area (Å²) < 4.78 is 0. The van der Waals surface area contributed by atoms with E-state index in [1.165, 1.54) is 11.8 Å². The minimum atomic E-state index is -1.14. The maximum absolute atomic E-state index is 12.1. The maximum Gasteiger partial charge on any atom is 0.326 e. The highest BCUT2D eigenvalue weighted by atomic mass is 32.2. The van der Waals surface area contributed by atoms with Crippen LogP contribution < -0.4 is 16.4 Å². The van der Waals surface area contributed by atoms with Gasteiger partial charge in [0, 0.05) is 12.2 Å². The molecule has 0 radical (unpaired) electrons. The molecule has 2 amide bonds. The Hall–Kier alpha value is -1.46. The summed E-state index contributed by atoms with van der Waals surface area (Å²) in [7, 11) is 0. The smallest absolute Gasteiger partial charge is 0.326 e. The fraction of sp³-hybridized carbons (Fsp3) is 0.714. The van der Waals surface area contributed by atoms with Gasteiger partial charge in [0.05, 0.1) is 0 Å². The molecule has 0 spiro atoms. The Labute approximate surface area is 155 Å². The van der Waals surface area contributed by atoms with Crippen LogP contribution in [0.2, 0.25) is 0 Å². The van der Waals surface area contributed by atoms with Crippen molar-refractivity contribution < 1.29 is 29.4 Å². The van der Waals surface area contributed by atoms with Gasteiger partial charge in [0.2, 0.25) is 11.8 Å². The van der Waals surface area contributed by atoms with Crippen LogP contribution in [-0.2, 0) is 19.2 Å². The average molecular weight is 396 g/mol. The number of nitrogens with one attached hydrogen (secondary N) is 2. The van der Waals surface area contributed by atoms with Crippen molar-refractivity contribution in [1.29, 1.82) is 0 Å². The van der Waals surface area contributed by atoms with Crippen molar-refractivity contribution in [3.8, 4) is 0 Å². The van der Waals surface area contributed by atoms with Crippen molar-refractivity contribution in [2.75, 3.05) is 17.8 Å². The molecule has 6 N–H and O–H groups in total. The zero-order valence-corrected chi connectivity index (χ0v) is 15.6. The molecular formula is C14H25N3O6S2. The van der Waals surface area contributed by atoms with Crippen LogP contribution in [0, 0.1) is 0 Å². The molecule has 0 fully saturated rings. The van der Waals surface area contributed by atoms with E-state index in [0.717, 1.165) is 0 Å². The lowest BCUT2D eigenvalue weighted by Crippen LogP contribution is -2.52. The van der Waals surface area contributed by atoms with E-state index in [4.69, 9.17) is 15.9 Å². The Morgan fingerprint density at radius 2 is 1.72 bits per heavy atom. The first-order valence-corrected chi connectivity index (χ1v) is 9.66. The fourth-order valence-corrected chi connectivity index (χ4v) is 2.56. The summed E-state index contributed by atoms with van der Waals surface area (Å²) in [5.41, 5.74) is 5.34. The molecule has 3 atom stereocenters. The fourth-order valence-electron chi connectivity index (χ4n) is 1.83. The number of nitrogens with two attached hydrogens (primary N) is 1. The molecule has 0 saturated carbocycles. The number of carbonyl (C=O) groups is 4. The molecule has 0 aromatic rings. The third-order valence-corrected chi connectivity index (χ3v) is 4.30. The van der Waals surface area contributed by atoms with Crippen LogP contribution in [0.5, 0.6) is 0 Å². The molecule has 9 nitrogen and oxygen atoms in total. The van der Waals surface area contributed by atoms with E-state index in [1.807, 2.05) is 6.26 Å². The molecule has 144 valence electrons. The van der Waals surface area contributed by atoms with Crippen LogP contribution in [0.25, 0.3) is 0 Å². The molecule has 0 aromatic carbocycles. The third-order valence-electron chi connectivity index (χ3n) is 3.30. The Bertz CT molecular complexity index is 477. The summed E-state index contributed by atoms with van der Waals surface area (Å²) in [6.07, 6.45) is 2.49. The first-order chi connectivity index (χ1) is 11.7. The van der Waals surface area contributed by atoms with E-state index in [2.05, 4.69) is 23.3 Å². The molecule has 0 aromatic heterocycles. The van der Waals surface area contributed by atoms with Crippen molar-refractivity contribution in [1.82, 2.24) is 10.6 Å². The van der Waals surface area contributed by atoms with Crippen LogP contribution >= 0.6 is 24.4 Å². The number of rotatable bonds is 13. The molecule has 25 heavy (non-hydrogen) atoms. The Morgan fingerprint density at radius 1 is 1.08 bits per heavy atom. The lowest BCUT2D eigenvalue weighted by molar-refractivity contribution is -0.142. The Morgan fingerprint density at radius 3 is 2.20 bits per heavy atom. The average Bonchev–Trinajstić information content (AvgIpc) is 2.55. The number of thiol groups is 1. The molecule has 0 heterocycles. The van der Waals surface area contributed by atoms with Gasteiger partial charge in [0.15, 0.2) is 0 Å². The highest BCUT2D eigenvalue weighted by Gasteiger charge is 2.25. The number of thioether (sulfide) groups is 1. The third kappa shape index (κ3) is 10.2. The molecule has 0 unspecified atom stereocenters. The van der Waals surface area contributed by atoms with Gasteiger partial charge in [-0.3, -0.25) is 14.4 Å². The molecule has 0 rings (SSSR count). The van der Waals surface area contributed by atoms with Gasteiger partial charge in [-0.05, 0) is 31.3 Å². The van der Waals surface area contributed by atoms with Gasteiger partial charge >= 0.3 is 11.9 Å². The number of aliphatic carboxylic acids is 2. The van der Waals surface area contributed by atoms with E-state index in [-0.39, 0.29) is 31.4 Å². The predicted molar refractivity (Wildman–Crippen MR) is 97.8 cm³/mol. The standard InChI is InChI=1S/C14H25N3O6S2/c1-25-6-5-9(14(22)23)17-12(19)10(7-24)16-11(18)4-2-3-8(15)13(20)21/h8-10,24H,2-7,15H2,1H3,(H,16,18)(H,17,19)(H,20,21)(H,22,23)/t8-,9+,10-/m0/s1. The number of carboxylic acids is 2. The van der Waals surface area contributed by atoms with Gasteiger partial charge in [0.1, 0.15) is 18.1 Å². The number of carbonyl (C=O) groups excluding carboxylic acids is 2. The largest absolute Gasteiger partial charge is 0.480 e. The first kappa shape index (κ1) is 23.5. The van der Waals surface area contributed by atoms with Gasteiger partial charge in [0.25, 0.3) is 0 Å². The van der Waals surface area contributed by atoms with Crippen molar-refractivity contribution in [2.24, 2.45) is 5.73 Å². The molecule has 0 bridgehead atoms. The first-order valence-electron chi connectivity index (χ1n) is 7.63. The number of amides is 2. The zero-order chi connectivity index (χ0) is 19.4. The van der Waals surface area contributed by atoms with Gasteiger partial charge in [-0.15, -0.1) is 0 Å². The van der Waals surface area contributed by atoms with Gasteiger partial charge in [-0.2, -0.15) is 24.4 Å². The van der Waals surface area contributed by atoms with Gasteiger partial charge in [-0.25, -0.2) is 4.79 Å². The van der Waals surface area contributed by atoms with Crippen molar-refractivity contribution in [2.45, 2.75) is 43.8 Å². The SMILES string of the molecule is CSCC[C@@H](NC(=O)[C@H](CS)NC(=O)CCC[C@H](N)C(=O)O)C(=O)O. The minimum Gasteiger partial charge on any atom is -0.480 e. The van der Waals surface area contributed by atoms with Crippen LogP contribution in [-0.4, -0.2) is 69.9 Å². The second-order valence-corrected chi connectivity index (χ2v) is 6.67. The van der Waals surface area contributed by atoms with E-state index >= 15 is 0 Å². The molecule has 0 aliphatic heterocycles. The van der Waals surface area contributed by atoms with Crippen LogP contribution in [0.4, 0.5) is 0 Å². The lowest BCUT2D eigenvalue weighted by Gasteiger charge is -2.20. The van der Waals surface area contributed by atoms with E-state index in [1.54, 1.807) is 0 Å². The summed E-state index contributed by atoms with van der Waals surface area (Å²) in [4.78, 5) is 45.7. The van der Waals surface area contributed by atoms with Crippen LogP contribution in [0.15, 0.2) is 0 Å². The van der Waals surface area contributed by atoms with Crippen molar-refractivity contribution in [3.05, 3.63) is 0 Å².